The lowest BCUT2D eigenvalue weighted by Crippen LogP contribution is -2.32. The third-order valence-electron chi connectivity index (χ3n) is 1.48. The van der Waals surface area contributed by atoms with Gasteiger partial charge in [-0.2, -0.15) is 0 Å². The molecule has 4 nitrogen and oxygen atoms in total. The molecule has 0 spiro atoms. The molecule has 2 N–H and O–H groups in total. The molecule has 0 aromatic carbocycles. The maximum Gasteiger partial charge on any atom is 0.394 e. The maximum atomic E-state index is 10.6. The van der Waals surface area contributed by atoms with Gasteiger partial charge in [0.1, 0.15) is 0 Å². The predicted molar refractivity (Wildman–Crippen MR) is 56.4 cm³/mol. The van der Waals surface area contributed by atoms with Gasteiger partial charge in [-0.05, 0) is 34.5 Å². The summed E-state index contributed by atoms with van der Waals surface area (Å²) in [6.07, 6.45) is 0.648. The zero-order chi connectivity index (χ0) is 10.6. The highest BCUT2D eigenvalue weighted by atomic mass is 79.9. The van der Waals surface area contributed by atoms with Gasteiger partial charge in [-0.1, -0.05) is 0 Å². The van der Waals surface area contributed by atoms with Crippen molar-refractivity contribution in [2.75, 3.05) is 6.54 Å². The van der Waals surface area contributed by atoms with E-state index < -0.39 is 11.9 Å². The lowest BCUT2D eigenvalue weighted by atomic mass is 10.3. The van der Waals surface area contributed by atoms with Crippen LogP contribution in [0.1, 0.15) is 4.88 Å². The van der Waals surface area contributed by atoms with Crippen LogP contribution in [0, 0.1) is 0 Å². The Kier molecular flexibility index (Phi) is 4.09. The van der Waals surface area contributed by atoms with E-state index in [0.717, 1.165) is 8.66 Å². The van der Waals surface area contributed by atoms with Crippen molar-refractivity contribution in [3.63, 3.8) is 0 Å². The van der Waals surface area contributed by atoms with Crippen molar-refractivity contribution in [3.05, 3.63) is 20.8 Å². The van der Waals surface area contributed by atoms with E-state index in [0.29, 0.717) is 13.0 Å². The summed E-state index contributed by atoms with van der Waals surface area (Å²) in [7, 11) is 0. The standard InChI is InChI=1S/C8H8BrNO3S/c9-6-2-1-5(14-6)3-4-10-7(11)8(12)13/h1-2H,3-4H2,(H,10,11)(H,12,13). The molecular weight excluding hydrogens is 270 g/mol. The van der Waals surface area contributed by atoms with Crippen LogP contribution >= 0.6 is 27.3 Å². The van der Waals surface area contributed by atoms with Crippen molar-refractivity contribution in [3.8, 4) is 0 Å². The highest BCUT2D eigenvalue weighted by Crippen LogP contribution is 2.21. The van der Waals surface area contributed by atoms with Crippen LogP contribution in [0.4, 0.5) is 0 Å². The van der Waals surface area contributed by atoms with Crippen molar-refractivity contribution in [1.29, 1.82) is 0 Å². The lowest BCUT2D eigenvalue weighted by molar-refractivity contribution is -0.150. The number of halogens is 1. The Morgan fingerprint density at radius 3 is 2.71 bits per heavy atom. The second-order valence-corrected chi connectivity index (χ2v) is 5.06. The summed E-state index contributed by atoms with van der Waals surface area (Å²) >= 11 is 4.88. The predicted octanol–water partition coefficient (Wildman–Crippen LogP) is 1.25. The minimum absolute atomic E-state index is 0.345. The minimum atomic E-state index is -1.45. The molecule has 0 saturated heterocycles. The molecule has 1 aromatic rings. The second kappa shape index (κ2) is 5.11. The molecule has 0 saturated carbocycles. The molecule has 0 radical (unpaired) electrons. The summed E-state index contributed by atoms with van der Waals surface area (Å²) in [6, 6.07) is 3.85. The number of nitrogens with one attached hydrogen (secondary N) is 1. The van der Waals surface area contributed by atoms with Gasteiger partial charge in [0.25, 0.3) is 0 Å². The molecule has 0 aliphatic carbocycles. The van der Waals surface area contributed by atoms with E-state index in [4.69, 9.17) is 5.11 Å². The SMILES string of the molecule is O=C(O)C(=O)NCCc1ccc(Br)s1. The number of amides is 1. The fraction of sp³-hybridized carbons (Fsp3) is 0.250. The highest BCUT2D eigenvalue weighted by Gasteiger charge is 2.09. The fourth-order valence-corrected chi connectivity index (χ4v) is 2.34. The Balaban J connectivity index is 2.29. The van der Waals surface area contributed by atoms with Gasteiger partial charge in [0, 0.05) is 11.4 Å². The number of thiophene rings is 1. The monoisotopic (exact) mass is 277 g/mol. The van der Waals surface area contributed by atoms with Crippen LogP contribution in [-0.4, -0.2) is 23.5 Å². The minimum Gasteiger partial charge on any atom is -0.474 e. The molecule has 1 rings (SSSR count). The van der Waals surface area contributed by atoms with Crippen LogP contribution < -0.4 is 5.32 Å². The van der Waals surface area contributed by atoms with Crippen LogP contribution in [0.15, 0.2) is 15.9 Å². The molecule has 0 aliphatic rings. The zero-order valence-corrected chi connectivity index (χ0v) is 9.52. The van der Waals surface area contributed by atoms with Gasteiger partial charge in [-0.25, -0.2) is 4.79 Å². The molecule has 0 fully saturated rings. The summed E-state index contributed by atoms with van der Waals surface area (Å²) in [5, 5.41) is 10.6. The molecule has 0 atom stereocenters. The molecular formula is C8H8BrNO3S. The van der Waals surface area contributed by atoms with E-state index in [1.165, 1.54) is 0 Å². The summed E-state index contributed by atoms with van der Waals surface area (Å²) in [5.74, 6) is -2.40. The number of carbonyl (C=O) groups excluding carboxylic acids is 1. The molecule has 76 valence electrons. The van der Waals surface area contributed by atoms with E-state index >= 15 is 0 Å². The Bertz CT molecular complexity index is 350. The van der Waals surface area contributed by atoms with Crippen LogP contribution in [0.25, 0.3) is 0 Å². The van der Waals surface area contributed by atoms with Crippen LogP contribution in [0.3, 0.4) is 0 Å². The van der Waals surface area contributed by atoms with E-state index in [1.54, 1.807) is 11.3 Å². The van der Waals surface area contributed by atoms with E-state index in [-0.39, 0.29) is 0 Å². The largest absolute Gasteiger partial charge is 0.474 e. The molecule has 0 unspecified atom stereocenters. The third kappa shape index (κ3) is 3.47. The van der Waals surface area contributed by atoms with Gasteiger partial charge in [-0.15, -0.1) is 11.3 Å². The van der Waals surface area contributed by atoms with Gasteiger partial charge < -0.3 is 10.4 Å². The van der Waals surface area contributed by atoms with E-state index in [9.17, 15) is 9.59 Å². The van der Waals surface area contributed by atoms with Gasteiger partial charge in [-0.3, -0.25) is 4.79 Å². The number of aliphatic carboxylic acids is 1. The lowest BCUT2D eigenvalue weighted by Gasteiger charge is -1.99. The summed E-state index contributed by atoms with van der Waals surface area (Å²) in [6.45, 7) is 0.345. The van der Waals surface area contributed by atoms with E-state index in [2.05, 4.69) is 21.2 Å². The fourth-order valence-electron chi connectivity index (χ4n) is 0.861. The molecule has 1 aromatic heterocycles. The third-order valence-corrected chi connectivity index (χ3v) is 3.16. The highest BCUT2D eigenvalue weighted by molar-refractivity contribution is 9.11. The number of hydrogen-bond acceptors (Lipinski definition) is 3. The number of rotatable bonds is 3. The molecule has 0 bridgehead atoms. The number of carboxylic acids is 1. The van der Waals surface area contributed by atoms with Gasteiger partial charge >= 0.3 is 11.9 Å². The first-order chi connectivity index (χ1) is 6.59. The first-order valence-electron chi connectivity index (χ1n) is 3.85. The first kappa shape index (κ1) is 11.2. The smallest absolute Gasteiger partial charge is 0.394 e. The summed E-state index contributed by atoms with van der Waals surface area (Å²) in [4.78, 5) is 21.9. The maximum absolute atomic E-state index is 10.6. The number of carbonyl (C=O) groups is 2. The Morgan fingerprint density at radius 1 is 1.50 bits per heavy atom. The van der Waals surface area contributed by atoms with Crippen molar-refractivity contribution >= 4 is 39.1 Å². The zero-order valence-electron chi connectivity index (χ0n) is 7.12. The summed E-state index contributed by atoms with van der Waals surface area (Å²) in [5.41, 5.74) is 0. The Hall–Kier alpha value is -0.880. The van der Waals surface area contributed by atoms with Gasteiger partial charge in [0.15, 0.2) is 0 Å². The molecule has 1 heterocycles. The second-order valence-electron chi connectivity index (χ2n) is 2.52. The van der Waals surface area contributed by atoms with E-state index in [1.807, 2.05) is 12.1 Å². The molecule has 1 amide bonds. The van der Waals surface area contributed by atoms with Crippen molar-refractivity contribution < 1.29 is 14.7 Å². The number of hydrogen-bond donors (Lipinski definition) is 2. The van der Waals surface area contributed by atoms with Crippen LogP contribution in [0.5, 0.6) is 0 Å². The first-order valence-corrected chi connectivity index (χ1v) is 5.46. The quantitative estimate of drug-likeness (QED) is 0.818. The molecule has 0 aliphatic heterocycles. The number of carboxylic acid groups (broad SMARTS) is 1. The van der Waals surface area contributed by atoms with Crippen LogP contribution in [0.2, 0.25) is 0 Å². The van der Waals surface area contributed by atoms with Crippen molar-refractivity contribution in [2.24, 2.45) is 0 Å². The van der Waals surface area contributed by atoms with Crippen molar-refractivity contribution in [1.82, 2.24) is 5.32 Å². The Morgan fingerprint density at radius 2 is 2.21 bits per heavy atom. The van der Waals surface area contributed by atoms with Crippen LogP contribution in [-0.2, 0) is 16.0 Å². The normalized spacial score (nSPS) is 9.79. The average Bonchev–Trinajstić information content (AvgIpc) is 2.51. The Labute approximate surface area is 93.1 Å². The van der Waals surface area contributed by atoms with Gasteiger partial charge in [0.05, 0.1) is 3.79 Å². The average molecular weight is 278 g/mol. The van der Waals surface area contributed by atoms with Crippen molar-refractivity contribution in [2.45, 2.75) is 6.42 Å². The summed E-state index contributed by atoms with van der Waals surface area (Å²) < 4.78 is 1.03. The molecule has 6 heteroatoms. The van der Waals surface area contributed by atoms with Gasteiger partial charge in [0.2, 0.25) is 0 Å². The molecule has 14 heavy (non-hydrogen) atoms. The topological polar surface area (TPSA) is 66.4 Å².